The van der Waals surface area contributed by atoms with E-state index < -0.39 is 0 Å². The van der Waals surface area contributed by atoms with Crippen molar-refractivity contribution in [3.8, 4) is 0 Å². The van der Waals surface area contributed by atoms with Crippen LogP contribution in [-0.4, -0.2) is 36.1 Å². The van der Waals surface area contributed by atoms with Gasteiger partial charge in [-0.3, -0.25) is 4.98 Å². The zero-order chi connectivity index (χ0) is 13.2. The summed E-state index contributed by atoms with van der Waals surface area (Å²) in [7, 11) is 2.19. The molecule has 0 spiro atoms. The third kappa shape index (κ3) is 6.72. The van der Waals surface area contributed by atoms with Crippen molar-refractivity contribution in [2.75, 3.05) is 20.1 Å². The summed E-state index contributed by atoms with van der Waals surface area (Å²) in [4.78, 5) is 6.42. The third-order valence-corrected chi connectivity index (χ3v) is 3.12. The summed E-state index contributed by atoms with van der Waals surface area (Å²) in [5, 5.41) is 3.53. The first-order valence-electron chi connectivity index (χ1n) is 7.03. The van der Waals surface area contributed by atoms with E-state index >= 15 is 0 Å². The topological polar surface area (TPSA) is 28.2 Å². The predicted octanol–water partition coefficient (Wildman–Crippen LogP) is 2.68. The van der Waals surface area contributed by atoms with Crippen molar-refractivity contribution in [2.45, 2.75) is 45.7 Å². The molecule has 3 heteroatoms. The van der Waals surface area contributed by atoms with E-state index in [0.29, 0.717) is 6.04 Å². The van der Waals surface area contributed by atoms with Crippen molar-refractivity contribution in [3.05, 3.63) is 30.1 Å². The maximum Gasteiger partial charge on any atom is 0.0271 e. The molecule has 1 rings (SSSR count). The first kappa shape index (κ1) is 15.1. The number of pyridine rings is 1. The molecule has 102 valence electrons. The molecule has 0 aliphatic carbocycles. The van der Waals surface area contributed by atoms with E-state index in [1.165, 1.54) is 24.8 Å². The zero-order valence-electron chi connectivity index (χ0n) is 12.0. The minimum absolute atomic E-state index is 0.638. The molecular formula is C15H27N3. The maximum atomic E-state index is 4.04. The Morgan fingerprint density at radius 1 is 1.33 bits per heavy atom. The van der Waals surface area contributed by atoms with Crippen molar-refractivity contribution >= 4 is 0 Å². The van der Waals surface area contributed by atoms with Crippen LogP contribution in [0.15, 0.2) is 24.5 Å². The first-order valence-corrected chi connectivity index (χ1v) is 7.03. The molecule has 1 aromatic heterocycles. The third-order valence-electron chi connectivity index (χ3n) is 3.12. The van der Waals surface area contributed by atoms with Crippen LogP contribution in [0.2, 0.25) is 0 Å². The van der Waals surface area contributed by atoms with Gasteiger partial charge in [-0.15, -0.1) is 0 Å². The van der Waals surface area contributed by atoms with Gasteiger partial charge < -0.3 is 10.2 Å². The highest BCUT2D eigenvalue weighted by molar-refractivity contribution is 5.09. The normalized spacial score (nSPS) is 12.9. The number of nitrogens with zero attached hydrogens (tertiary/aromatic N) is 2. The molecular weight excluding hydrogens is 222 g/mol. The number of aromatic nitrogens is 1. The molecule has 3 nitrogen and oxygen atoms in total. The van der Waals surface area contributed by atoms with Gasteiger partial charge in [0.15, 0.2) is 0 Å². The fourth-order valence-electron chi connectivity index (χ4n) is 2.04. The van der Waals surface area contributed by atoms with E-state index in [9.17, 15) is 0 Å². The van der Waals surface area contributed by atoms with Crippen LogP contribution >= 0.6 is 0 Å². The van der Waals surface area contributed by atoms with Crippen LogP contribution in [0.5, 0.6) is 0 Å². The molecule has 0 radical (unpaired) electrons. The van der Waals surface area contributed by atoms with Crippen LogP contribution in [0.4, 0.5) is 0 Å². The second-order valence-electron chi connectivity index (χ2n) is 5.09. The molecule has 0 aromatic carbocycles. The summed E-state index contributed by atoms with van der Waals surface area (Å²) in [5.74, 6) is 0. The van der Waals surface area contributed by atoms with E-state index in [0.717, 1.165) is 19.6 Å². The minimum atomic E-state index is 0.638. The lowest BCUT2D eigenvalue weighted by Crippen LogP contribution is -2.28. The molecule has 1 atom stereocenters. The molecule has 0 bridgehead atoms. The molecule has 0 saturated carbocycles. The van der Waals surface area contributed by atoms with Crippen LogP contribution in [0, 0.1) is 0 Å². The summed E-state index contributed by atoms with van der Waals surface area (Å²) in [6.07, 6.45) is 7.44. The number of nitrogens with one attached hydrogen (secondary N) is 1. The molecule has 1 aromatic rings. The average molecular weight is 249 g/mol. The van der Waals surface area contributed by atoms with Gasteiger partial charge in [-0.2, -0.15) is 0 Å². The molecule has 0 saturated heterocycles. The second kappa shape index (κ2) is 9.06. The highest BCUT2D eigenvalue weighted by atomic mass is 15.1. The molecule has 0 aliphatic heterocycles. The lowest BCUT2D eigenvalue weighted by atomic mass is 10.1. The van der Waals surface area contributed by atoms with Crippen LogP contribution in [-0.2, 0) is 6.54 Å². The van der Waals surface area contributed by atoms with Gasteiger partial charge in [0, 0.05) is 25.0 Å². The Morgan fingerprint density at radius 3 is 2.72 bits per heavy atom. The summed E-state index contributed by atoms with van der Waals surface area (Å²) in [6.45, 7) is 7.79. The Bertz CT molecular complexity index is 300. The van der Waals surface area contributed by atoms with Crippen molar-refractivity contribution in [1.29, 1.82) is 0 Å². The van der Waals surface area contributed by atoms with Gasteiger partial charge >= 0.3 is 0 Å². The smallest absolute Gasteiger partial charge is 0.0271 e. The van der Waals surface area contributed by atoms with Gasteiger partial charge in [-0.1, -0.05) is 6.92 Å². The monoisotopic (exact) mass is 249 g/mol. The Kier molecular flexibility index (Phi) is 7.62. The van der Waals surface area contributed by atoms with Crippen LogP contribution in [0.3, 0.4) is 0 Å². The van der Waals surface area contributed by atoms with Crippen LogP contribution < -0.4 is 5.32 Å². The molecule has 0 fully saturated rings. The lowest BCUT2D eigenvalue weighted by Gasteiger charge is -2.18. The lowest BCUT2D eigenvalue weighted by molar-refractivity contribution is 0.310. The Labute approximate surface area is 112 Å². The Balaban J connectivity index is 2.12. The second-order valence-corrected chi connectivity index (χ2v) is 5.09. The van der Waals surface area contributed by atoms with Crippen LogP contribution in [0.1, 0.15) is 38.7 Å². The van der Waals surface area contributed by atoms with E-state index in [4.69, 9.17) is 0 Å². The summed E-state index contributed by atoms with van der Waals surface area (Å²) in [6, 6.07) is 4.81. The largest absolute Gasteiger partial charge is 0.314 e. The first-order chi connectivity index (χ1) is 8.72. The summed E-state index contributed by atoms with van der Waals surface area (Å²) in [5.41, 5.74) is 1.34. The van der Waals surface area contributed by atoms with E-state index in [-0.39, 0.29) is 0 Å². The van der Waals surface area contributed by atoms with Gasteiger partial charge in [0.1, 0.15) is 0 Å². The fraction of sp³-hybridized carbons (Fsp3) is 0.667. The highest BCUT2D eigenvalue weighted by Gasteiger charge is 2.03. The van der Waals surface area contributed by atoms with Gasteiger partial charge in [-0.05, 0) is 64.0 Å². The van der Waals surface area contributed by atoms with Gasteiger partial charge in [-0.25, -0.2) is 0 Å². The summed E-state index contributed by atoms with van der Waals surface area (Å²) >= 11 is 0. The van der Waals surface area contributed by atoms with Crippen molar-refractivity contribution in [2.24, 2.45) is 0 Å². The minimum Gasteiger partial charge on any atom is -0.314 e. The van der Waals surface area contributed by atoms with Gasteiger partial charge in [0.25, 0.3) is 0 Å². The number of rotatable bonds is 9. The quantitative estimate of drug-likeness (QED) is 0.729. The van der Waals surface area contributed by atoms with E-state index in [1.54, 1.807) is 0 Å². The van der Waals surface area contributed by atoms with Gasteiger partial charge in [0.05, 0.1) is 0 Å². The van der Waals surface area contributed by atoms with E-state index in [2.05, 4.69) is 48.2 Å². The van der Waals surface area contributed by atoms with Gasteiger partial charge in [0.2, 0.25) is 0 Å². The molecule has 1 heterocycles. The average Bonchev–Trinajstić information content (AvgIpc) is 2.37. The fourth-order valence-corrected chi connectivity index (χ4v) is 2.04. The standard InChI is InChI=1S/C15H27N3/c1-4-9-17-14(2)6-5-12-18(3)13-15-7-10-16-11-8-15/h7-8,10-11,14,17H,4-6,9,12-13H2,1-3H3. The van der Waals surface area contributed by atoms with Crippen molar-refractivity contribution < 1.29 is 0 Å². The Morgan fingerprint density at radius 2 is 2.06 bits per heavy atom. The van der Waals surface area contributed by atoms with Crippen molar-refractivity contribution in [1.82, 2.24) is 15.2 Å². The molecule has 0 amide bonds. The Hall–Kier alpha value is -0.930. The molecule has 1 N–H and O–H groups in total. The predicted molar refractivity (Wildman–Crippen MR) is 77.6 cm³/mol. The molecule has 0 aliphatic rings. The van der Waals surface area contributed by atoms with Crippen molar-refractivity contribution in [3.63, 3.8) is 0 Å². The SMILES string of the molecule is CCCNC(C)CCCN(C)Cc1ccncc1. The highest BCUT2D eigenvalue weighted by Crippen LogP contribution is 2.04. The maximum absolute atomic E-state index is 4.04. The number of hydrogen-bond donors (Lipinski definition) is 1. The number of hydrogen-bond acceptors (Lipinski definition) is 3. The zero-order valence-corrected chi connectivity index (χ0v) is 12.0. The van der Waals surface area contributed by atoms with E-state index in [1.807, 2.05) is 12.4 Å². The van der Waals surface area contributed by atoms with Crippen LogP contribution in [0.25, 0.3) is 0 Å². The molecule has 1 unspecified atom stereocenters. The summed E-state index contributed by atoms with van der Waals surface area (Å²) < 4.78 is 0. The molecule has 18 heavy (non-hydrogen) atoms.